The van der Waals surface area contributed by atoms with Gasteiger partial charge in [0.25, 0.3) is 0 Å². The average molecular weight is 198 g/mol. The second kappa shape index (κ2) is 17.4. The molecule has 0 aromatic heterocycles. The van der Waals surface area contributed by atoms with E-state index in [0.717, 1.165) is 0 Å². The number of rotatable bonds is 0. The fraction of sp³-hybridized carbons (Fsp3) is 0. The van der Waals surface area contributed by atoms with Gasteiger partial charge < -0.3 is 25.3 Å². The Kier molecular flexibility index (Phi) is 39.5. The van der Waals surface area contributed by atoms with Crippen molar-refractivity contribution in [2.24, 2.45) is 0 Å². The third-order valence-corrected chi connectivity index (χ3v) is 0.183. The number of carboxylic acid groups (broad SMARTS) is 2. The van der Waals surface area contributed by atoms with Gasteiger partial charge in [0, 0.05) is 0 Å². The summed E-state index contributed by atoms with van der Waals surface area (Å²) in [6, 6.07) is 0. The third-order valence-electron chi connectivity index (χ3n) is 0.183. The molecule has 13 heavy (non-hydrogen) atoms. The maximum absolute atomic E-state index is 9.10. The predicted octanol–water partition coefficient (Wildman–Crippen LogP) is -6.22. The van der Waals surface area contributed by atoms with Gasteiger partial charge in [-0.2, -0.15) is 0 Å². The molecule has 0 aromatic rings. The normalized spacial score (nSPS) is 5.46. The maximum Gasteiger partial charge on any atom is 1.00 e. The predicted molar refractivity (Wildman–Crippen MR) is 30.5 cm³/mol. The monoisotopic (exact) mass is 198 g/mol. The van der Waals surface area contributed by atoms with E-state index >= 15 is 0 Å². The third kappa shape index (κ3) is 88.6. The van der Waals surface area contributed by atoms with Crippen molar-refractivity contribution in [3.05, 3.63) is 0 Å². The molecule has 0 amide bonds. The Bertz CT molecular complexity index is 117. The maximum atomic E-state index is 9.10. The van der Waals surface area contributed by atoms with Crippen LogP contribution in [0, 0.1) is 0 Å². The molecule has 0 bridgehead atoms. The molecule has 0 aliphatic rings. The van der Waals surface area contributed by atoms with Crippen molar-refractivity contribution in [3.63, 3.8) is 0 Å². The molecule has 0 rings (SSSR count). The largest absolute Gasteiger partial charge is 1.00 e. The first kappa shape index (κ1) is 29.5. The Morgan fingerprint density at radius 3 is 1.08 bits per heavy atom. The van der Waals surface area contributed by atoms with Gasteiger partial charge in [-0.15, -0.1) is 0 Å². The molecule has 74 valence electrons. The van der Waals surface area contributed by atoms with E-state index in [9.17, 15) is 0 Å². The molecule has 7 nitrogen and oxygen atoms in total. The summed E-state index contributed by atoms with van der Waals surface area (Å²) in [7, 11) is -2.42. The van der Waals surface area contributed by atoms with Gasteiger partial charge >= 0.3 is 38.1 Å². The fourth-order valence-corrected chi connectivity index (χ4v) is 0. The second-order valence-corrected chi connectivity index (χ2v) is 0.937. The summed E-state index contributed by atoms with van der Waals surface area (Å²) in [6.45, 7) is 0. The zero-order valence-corrected chi connectivity index (χ0v) is 6.41. The molecule has 0 unspecified atom stereocenters. The Balaban J connectivity index is -0.0000000279. The van der Waals surface area contributed by atoms with Gasteiger partial charge in [0.1, 0.15) is 0 Å². The Morgan fingerprint density at radius 2 is 1.08 bits per heavy atom. The van der Waals surface area contributed by atoms with Crippen molar-refractivity contribution in [2.45, 2.75) is 0 Å². The summed E-state index contributed by atoms with van der Waals surface area (Å²) >= 11 is 0. The summed E-state index contributed by atoms with van der Waals surface area (Å²) in [5.74, 6) is -3.65. The van der Waals surface area contributed by atoms with E-state index in [0.29, 0.717) is 0 Å². The Hall–Kier alpha value is -0.658. The zero-order valence-electron chi connectivity index (χ0n) is 6.41. The van der Waals surface area contributed by atoms with E-state index < -0.39 is 19.3 Å². The Morgan fingerprint density at radius 1 is 1.00 bits per heavy atom. The SMILES string of the molecule is F.F.O=C(O)C(=O)O.[Li+].[O-]B(O)O. The molecule has 0 heterocycles. The molecule has 0 atom stereocenters. The minimum Gasteiger partial charge on any atom is -0.832 e. The van der Waals surface area contributed by atoms with Gasteiger partial charge in [0.15, 0.2) is 0 Å². The molecule has 0 saturated carbocycles. The van der Waals surface area contributed by atoms with Crippen molar-refractivity contribution < 1.29 is 63.1 Å². The van der Waals surface area contributed by atoms with Crippen LogP contribution in [0.25, 0.3) is 0 Å². The van der Waals surface area contributed by atoms with Gasteiger partial charge in [-0.3, -0.25) is 9.41 Å². The summed E-state index contributed by atoms with van der Waals surface area (Å²) < 4.78 is 0. The first-order valence-electron chi connectivity index (χ1n) is 1.86. The van der Waals surface area contributed by atoms with Gasteiger partial charge in [-0.25, -0.2) is 9.59 Å². The minimum absolute atomic E-state index is 0. The molecule has 0 radical (unpaired) electrons. The van der Waals surface area contributed by atoms with Crippen LogP contribution in [-0.4, -0.2) is 39.5 Å². The quantitative estimate of drug-likeness (QED) is 0.224. The number of aliphatic carboxylic acids is 2. The van der Waals surface area contributed by atoms with Crippen LogP contribution in [0.2, 0.25) is 0 Å². The van der Waals surface area contributed by atoms with Crippen molar-refractivity contribution >= 4 is 19.3 Å². The fourth-order valence-electron chi connectivity index (χ4n) is 0. The molecule has 11 heteroatoms. The molecule has 0 aliphatic carbocycles. The minimum atomic E-state index is -2.42. The van der Waals surface area contributed by atoms with E-state index in [-0.39, 0.29) is 28.3 Å². The molecular weight excluding hydrogens is 192 g/mol. The zero-order chi connectivity index (χ0) is 8.73. The molecule has 0 aliphatic heterocycles. The number of hydrogen-bond donors (Lipinski definition) is 4. The van der Waals surface area contributed by atoms with Gasteiger partial charge in [0.2, 0.25) is 0 Å². The molecule has 0 aromatic carbocycles. The first-order valence-corrected chi connectivity index (χ1v) is 1.86. The summed E-state index contributed by atoms with van der Waals surface area (Å²) in [5.41, 5.74) is 0. The van der Waals surface area contributed by atoms with Crippen LogP contribution in [0.4, 0.5) is 9.41 Å². The van der Waals surface area contributed by atoms with Crippen LogP contribution in [0.1, 0.15) is 0 Å². The number of hydrogen-bond acceptors (Lipinski definition) is 5. The van der Waals surface area contributed by atoms with E-state index in [1.807, 2.05) is 0 Å². The van der Waals surface area contributed by atoms with E-state index in [2.05, 4.69) is 0 Å². The molecule has 0 fully saturated rings. The topological polar surface area (TPSA) is 138 Å². The standard InChI is InChI=1S/C2H2O4.BH2O3.2FH.Li/c3-1(4)2(5)6;2-1(3)4;;;/h(H,3,4)(H,5,6);2-3H;2*1H;/q;-1;;;+1. The average Bonchev–Trinajstić information content (AvgIpc) is 1.63. The van der Waals surface area contributed by atoms with Crippen molar-refractivity contribution in [3.8, 4) is 0 Å². The van der Waals surface area contributed by atoms with Crippen LogP contribution < -0.4 is 23.9 Å². The summed E-state index contributed by atoms with van der Waals surface area (Å²) in [4.78, 5) is 18.2. The molecule has 0 saturated heterocycles. The molecular formula is C2H6BF2LiO7. The smallest absolute Gasteiger partial charge is 0.832 e. The van der Waals surface area contributed by atoms with Crippen molar-refractivity contribution in [2.75, 3.05) is 0 Å². The van der Waals surface area contributed by atoms with Crippen LogP contribution in [0.3, 0.4) is 0 Å². The van der Waals surface area contributed by atoms with Gasteiger partial charge in [0.05, 0.1) is 0 Å². The first-order chi connectivity index (χ1) is 4.37. The van der Waals surface area contributed by atoms with Crippen molar-refractivity contribution in [1.82, 2.24) is 0 Å². The number of halogens is 2. The van der Waals surface area contributed by atoms with Crippen LogP contribution >= 0.6 is 0 Å². The van der Waals surface area contributed by atoms with Gasteiger partial charge in [-0.1, -0.05) is 0 Å². The van der Waals surface area contributed by atoms with Crippen molar-refractivity contribution in [1.29, 1.82) is 0 Å². The van der Waals surface area contributed by atoms with E-state index in [1.54, 1.807) is 0 Å². The molecule has 4 N–H and O–H groups in total. The van der Waals surface area contributed by atoms with E-state index in [4.69, 9.17) is 34.9 Å². The summed E-state index contributed by atoms with van der Waals surface area (Å²) in [5, 5.41) is 37.5. The Labute approximate surface area is 83.1 Å². The van der Waals surface area contributed by atoms with Crippen LogP contribution in [0.5, 0.6) is 0 Å². The van der Waals surface area contributed by atoms with E-state index in [1.165, 1.54) is 0 Å². The van der Waals surface area contributed by atoms with Crippen LogP contribution in [-0.2, 0) is 9.59 Å². The van der Waals surface area contributed by atoms with Gasteiger partial charge in [-0.05, 0) is 0 Å². The second-order valence-electron chi connectivity index (χ2n) is 0.937. The van der Waals surface area contributed by atoms with Crippen LogP contribution in [0.15, 0.2) is 0 Å². The number of carboxylic acids is 2. The molecule has 0 spiro atoms. The summed E-state index contributed by atoms with van der Waals surface area (Å²) in [6.07, 6.45) is 0. The number of carbonyl (C=O) groups is 2.